The van der Waals surface area contributed by atoms with Crippen LogP contribution in [0.1, 0.15) is 23.8 Å². The van der Waals surface area contributed by atoms with E-state index in [-0.39, 0.29) is 0 Å². The number of anilines is 1. The van der Waals surface area contributed by atoms with E-state index in [9.17, 15) is 0 Å². The largest absolute Gasteiger partial charge is 0.370 e. The molecular formula is C17H25N4OS+. The molecule has 1 aliphatic heterocycles. The molecule has 5 nitrogen and oxygen atoms in total. The van der Waals surface area contributed by atoms with E-state index in [0.29, 0.717) is 0 Å². The molecule has 23 heavy (non-hydrogen) atoms. The molecule has 2 aromatic heterocycles. The highest BCUT2D eigenvalue weighted by molar-refractivity contribution is 7.19. The molecule has 0 unspecified atom stereocenters. The zero-order chi connectivity index (χ0) is 15.6. The van der Waals surface area contributed by atoms with Crippen molar-refractivity contribution in [3.8, 4) is 0 Å². The minimum atomic E-state index is 0.770. The topological polar surface area (TPSA) is 51.5 Å². The minimum Gasteiger partial charge on any atom is -0.370 e. The average Bonchev–Trinajstić information content (AvgIpc) is 2.94. The third-order valence-electron chi connectivity index (χ3n) is 5.06. The second-order valence-electron chi connectivity index (χ2n) is 6.79. The Kier molecular flexibility index (Phi) is 4.46. The molecule has 2 aliphatic rings. The highest BCUT2D eigenvalue weighted by Gasteiger charge is 2.23. The van der Waals surface area contributed by atoms with Gasteiger partial charge in [-0.25, -0.2) is 9.97 Å². The van der Waals surface area contributed by atoms with Gasteiger partial charge in [-0.15, -0.1) is 11.3 Å². The van der Waals surface area contributed by atoms with Gasteiger partial charge in [0.05, 0.1) is 31.7 Å². The van der Waals surface area contributed by atoms with Crippen LogP contribution in [0.5, 0.6) is 0 Å². The van der Waals surface area contributed by atoms with Crippen LogP contribution in [0.25, 0.3) is 10.2 Å². The van der Waals surface area contributed by atoms with Crippen molar-refractivity contribution in [2.24, 2.45) is 5.92 Å². The molecule has 0 bridgehead atoms. The van der Waals surface area contributed by atoms with Gasteiger partial charge in [0, 0.05) is 4.88 Å². The van der Waals surface area contributed by atoms with E-state index in [1.165, 1.54) is 35.1 Å². The van der Waals surface area contributed by atoms with Gasteiger partial charge in [-0.05, 0) is 30.7 Å². The van der Waals surface area contributed by atoms with Crippen molar-refractivity contribution < 1.29 is 9.64 Å². The zero-order valence-electron chi connectivity index (χ0n) is 13.7. The molecule has 124 valence electrons. The highest BCUT2D eigenvalue weighted by Crippen LogP contribution is 2.39. The van der Waals surface area contributed by atoms with Gasteiger partial charge in [0.25, 0.3) is 0 Å². The number of nitrogens with zero attached hydrogens (tertiary/aromatic N) is 2. The molecule has 6 heteroatoms. The van der Waals surface area contributed by atoms with E-state index in [0.717, 1.165) is 56.0 Å². The van der Waals surface area contributed by atoms with Crippen LogP contribution in [-0.4, -0.2) is 49.4 Å². The Hall–Kier alpha value is -1.24. The molecule has 1 fully saturated rings. The van der Waals surface area contributed by atoms with Crippen molar-refractivity contribution >= 4 is 27.4 Å². The molecule has 4 rings (SSSR count). The Morgan fingerprint density at radius 2 is 2.22 bits per heavy atom. The summed E-state index contributed by atoms with van der Waals surface area (Å²) in [6.07, 6.45) is 5.38. The average molecular weight is 333 g/mol. The number of rotatable bonds is 4. The van der Waals surface area contributed by atoms with Crippen molar-refractivity contribution in [1.29, 1.82) is 0 Å². The summed E-state index contributed by atoms with van der Waals surface area (Å²) >= 11 is 1.86. The number of nitrogens with one attached hydrogen (secondary N) is 2. The maximum absolute atomic E-state index is 5.42. The first-order valence-corrected chi connectivity index (χ1v) is 9.53. The molecule has 2 N–H and O–H groups in total. The first kappa shape index (κ1) is 15.3. The van der Waals surface area contributed by atoms with E-state index < -0.39 is 0 Å². The summed E-state index contributed by atoms with van der Waals surface area (Å²) in [6, 6.07) is 0. The summed E-state index contributed by atoms with van der Waals surface area (Å²) in [5.74, 6) is 1.81. The Labute approximate surface area is 141 Å². The van der Waals surface area contributed by atoms with Crippen LogP contribution in [0.4, 0.5) is 5.82 Å². The maximum Gasteiger partial charge on any atom is 0.138 e. The number of aryl methyl sites for hydroxylation is 1. The fourth-order valence-electron chi connectivity index (χ4n) is 3.68. The van der Waals surface area contributed by atoms with Gasteiger partial charge in [0.15, 0.2) is 0 Å². The van der Waals surface area contributed by atoms with Gasteiger partial charge in [0.1, 0.15) is 30.1 Å². The van der Waals surface area contributed by atoms with Gasteiger partial charge >= 0.3 is 0 Å². The van der Waals surface area contributed by atoms with E-state index in [2.05, 4.69) is 22.2 Å². The Morgan fingerprint density at radius 3 is 3.09 bits per heavy atom. The predicted octanol–water partition coefficient (Wildman–Crippen LogP) is 1.14. The van der Waals surface area contributed by atoms with Gasteiger partial charge in [-0.1, -0.05) is 6.92 Å². The number of thiophene rings is 1. The van der Waals surface area contributed by atoms with E-state index in [1.807, 2.05) is 11.3 Å². The first-order valence-electron chi connectivity index (χ1n) is 8.71. The lowest BCUT2D eigenvalue weighted by atomic mass is 9.88. The van der Waals surface area contributed by atoms with Gasteiger partial charge < -0.3 is 15.0 Å². The zero-order valence-corrected chi connectivity index (χ0v) is 14.5. The molecular weight excluding hydrogens is 308 g/mol. The van der Waals surface area contributed by atoms with Crippen LogP contribution >= 0.6 is 11.3 Å². The maximum atomic E-state index is 5.42. The third-order valence-corrected chi connectivity index (χ3v) is 6.26. The smallest absolute Gasteiger partial charge is 0.138 e. The van der Waals surface area contributed by atoms with E-state index >= 15 is 0 Å². The molecule has 2 aromatic rings. The molecule has 1 saturated heterocycles. The Bertz CT molecular complexity index is 681. The quantitative estimate of drug-likeness (QED) is 0.881. The van der Waals surface area contributed by atoms with Crippen molar-refractivity contribution in [2.45, 2.75) is 26.2 Å². The summed E-state index contributed by atoms with van der Waals surface area (Å²) in [7, 11) is 0. The second kappa shape index (κ2) is 6.71. The lowest BCUT2D eigenvalue weighted by molar-refractivity contribution is -0.906. The van der Waals surface area contributed by atoms with Crippen LogP contribution in [0.3, 0.4) is 0 Å². The molecule has 0 radical (unpaired) electrons. The Balaban J connectivity index is 1.51. The molecule has 1 aliphatic carbocycles. The summed E-state index contributed by atoms with van der Waals surface area (Å²) in [5, 5.41) is 4.87. The summed E-state index contributed by atoms with van der Waals surface area (Å²) in [6.45, 7) is 8.45. The molecule has 1 atom stereocenters. The normalized spacial score (nSPS) is 22.2. The number of hydrogen-bond acceptors (Lipinski definition) is 5. The highest BCUT2D eigenvalue weighted by atomic mass is 32.1. The molecule has 0 saturated carbocycles. The minimum absolute atomic E-state index is 0.770. The summed E-state index contributed by atoms with van der Waals surface area (Å²) < 4.78 is 5.42. The monoisotopic (exact) mass is 333 g/mol. The number of ether oxygens (including phenoxy) is 1. The number of quaternary nitrogens is 1. The summed E-state index contributed by atoms with van der Waals surface area (Å²) in [5.41, 5.74) is 1.51. The Morgan fingerprint density at radius 1 is 1.35 bits per heavy atom. The SMILES string of the molecule is C[C@@H]1CCc2sc3ncnc(NCC[NH+]4CCOCC4)c3c2C1. The van der Waals surface area contributed by atoms with Crippen LogP contribution in [-0.2, 0) is 17.6 Å². The van der Waals surface area contributed by atoms with Crippen molar-refractivity contribution in [3.05, 3.63) is 16.8 Å². The third kappa shape index (κ3) is 3.20. The predicted molar refractivity (Wildman–Crippen MR) is 93.5 cm³/mol. The lowest BCUT2D eigenvalue weighted by Gasteiger charge is -2.24. The van der Waals surface area contributed by atoms with Crippen LogP contribution in [0, 0.1) is 5.92 Å². The number of aromatic nitrogens is 2. The van der Waals surface area contributed by atoms with Crippen molar-refractivity contribution in [2.75, 3.05) is 44.7 Å². The molecule has 3 heterocycles. The first-order chi connectivity index (χ1) is 11.3. The van der Waals surface area contributed by atoms with Gasteiger partial charge in [-0.3, -0.25) is 0 Å². The number of hydrogen-bond donors (Lipinski definition) is 2. The van der Waals surface area contributed by atoms with Crippen LogP contribution in [0.15, 0.2) is 6.33 Å². The van der Waals surface area contributed by atoms with Gasteiger partial charge in [0.2, 0.25) is 0 Å². The lowest BCUT2D eigenvalue weighted by Crippen LogP contribution is -3.14. The van der Waals surface area contributed by atoms with Crippen LogP contribution in [0.2, 0.25) is 0 Å². The van der Waals surface area contributed by atoms with Crippen molar-refractivity contribution in [3.63, 3.8) is 0 Å². The molecule has 0 spiro atoms. The van der Waals surface area contributed by atoms with Crippen molar-refractivity contribution in [1.82, 2.24) is 9.97 Å². The standard InChI is InChI=1S/C17H24N4OS/c1-12-2-3-14-13(10-12)15-16(19-11-20-17(15)23-14)18-4-5-21-6-8-22-9-7-21/h11-12H,2-10H2,1H3,(H,18,19,20)/p+1/t12-/m1/s1. The summed E-state index contributed by atoms with van der Waals surface area (Å²) in [4.78, 5) is 13.4. The number of fused-ring (bicyclic) bond motifs is 3. The fourth-order valence-corrected chi connectivity index (χ4v) is 4.87. The molecule has 0 amide bonds. The fraction of sp³-hybridized carbons (Fsp3) is 0.647. The molecule has 0 aromatic carbocycles. The second-order valence-corrected chi connectivity index (χ2v) is 7.88. The van der Waals surface area contributed by atoms with Crippen LogP contribution < -0.4 is 10.2 Å². The van der Waals surface area contributed by atoms with E-state index in [1.54, 1.807) is 11.2 Å². The number of morpholine rings is 1. The van der Waals surface area contributed by atoms with E-state index in [4.69, 9.17) is 4.74 Å². The van der Waals surface area contributed by atoms with Gasteiger partial charge in [-0.2, -0.15) is 0 Å².